The second-order valence-corrected chi connectivity index (χ2v) is 7.81. The number of hydrogen-bond donors (Lipinski definition) is 0. The van der Waals surface area contributed by atoms with Gasteiger partial charge in [0.05, 0.1) is 5.52 Å². The van der Waals surface area contributed by atoms with Crippen molar-refractivity contribution in [1.29, 1.82) is 0 Å². The summed E-state index contributed by atoms with van der Waals surface area (Å²) in [5.74, 6) is 0.367. The third-order valence-electron chi connectivity index (χ3n) is 3.86. The Kier molecular flexibility index (Phi) is 4.31. The summed E-state index contributed by atoms with van der Waals surface area (Å²) in [5, 5.41) is 8.47. The Morgan fingerprint density at radius 2 is 2.22 bits per heavy atom. The molecule has 124 valence electrons. The van der Waals surface area contributed by atoms with Crippen molar-refractivity contribution < 1.29 is 9.53 Å². The standard InChI is InChI=1S/C16H21BrN4O2/c1-16(2,3)23-15(22)20-8-7-11(9-20)10-21-13-6-4-5-12(17)14(13)18-19-21/h4-6,11H,7-10H2,1-3H3. The van der Waals surface area contributed by atoms with Crippen molar-refractivity contribution in [2.45, 2.75) is 39.3 Å². The number of likely N-dealkylation sites (tertiary alicyclic amines) is 1. The maximum absolute atomic E-state index is 12.1. The average Bonchev–Trinajstić information content (AvgIpc) is 3.06. The Morgan fingerprint density at radius 3 is 2.96 bits per heavy atom. The van der Waals surface area contributed by atoms with Gasteiger partial charge in [-0.1, -0.05) is 11.3 Å². The largest absolute Gasteiger partial charge is 0.444 e. The van der Waals surface area contributed by atoms with Crippen molar-refractivity contribution >= 4 is 33.1 Å². The number of hydrogen-bond acceptors (Lipinski definition) is 4. The van der Waals surface area contributed by atoms with Gasteiger partial charge in [0.1, 0.15) is 11.1 Å². The van der Waals surface area contributed by atoms with Crippen molar-refractivity contribution in [2.24, 2.45) is 5.92 Å². The first-order valence-corrected chi connectivity index (χ1v) is 8.58. The lowest BCUT2D eigenvalue weighted by Crippen LogP contribution is -2.35. The van der Waals surface area contributed by atoms with Crippen molar-refractivity contribution in [2.75, 3.05) is 13.1 Å². The molecule has 1 aromatic heterocycles. The van der Waals surface area contributed by atoms with Gasteiger partial charge in [0.2, 0.25) is 0 Å². The number of fused-ring (bicyclic) bond motifs is 1. The van der Waals surface area contributed by atoms with Gasteiger partial charge in [-0.15, -0.1) is 5.10 Å². The van der Waals surface area contributed by atoms with E-state index in [4.69, 9.17) is 4.74 Å². The third kappa shape index (κ3) is 3.65. The first kappa shape index (κ1) is 16.2. The number of aromatic nitrogens is 3. The molecule has 23 heavy (non-hydrogen) atoms. The zero-order valence-corrected chi connectivity index (χ0v) is 15.2. The Hall–Kier alpha value is -1.63. The Balaban J connectivity index is 1.66. The highest BCUT2D eigenvalue weighted by molar-refractivity contribution is 9.10. The van der Waals surface area contributed by atoms with Gasteiger partial charge >= 0.3 is 6.09 Å². The number of halogens is 1. The highest BCUT2D eigenvalue weighted by Gasteiger charge is 2.30. The normalized spacial score (nSPS) is 18.6. The predicted molar refractivity (Wildman–Crippen MR) is 91.1 cm³/mol. The smallest absolute Gasteiger partial charge is 0.410 e. The summed E-state index contributed by atoms with van der Waals surface area (Å²) in [5.41, 5.74) is 1.42. The topological polar surface area (TPSA) is 60.2 Å². The molecule has 6 nitrogen and oxygen atoms in total. The van der Waals surface area contributed by atoms with Crippen LogP contribution in [0.15, 0.2) is 22.7 Å². The lowest BCUT2D eigenvalue weighted by Gasteiger charge is -2.24. The van der Waals surface area contributed by atoms with Crippen molar-refractivity contribution in [3.05, 3.63) is 22.7 Å². The van der Waals surface area contributed by atoms with Crippen LogP contribution in [0.5, 0.6) is 0 Å². The van der Waals surface area contributed by atoms with Crippen LogP contribution < -0.4 is 0 Å². The van der Waals surface area contributed by atoms with E-state index in [1.54, 1.807) is 4.90 Å². The summed E-state index contributed by atoms with van der Waals surface area (Å²) in [7, 11) is 0. The Bertz CT molecular complexity index is 722. The van der Waals surface area contributed by atoms with E-state index in [0.717, 1.165) is 35.0 Å². The monoisotopic (exact) mass is 380 g/mol. The highest BCUT2D eigenvalue weighted by atomic mass is 79.9. The van der Waals surface area contributed by atoms with Gasteiger partial charge < -0.3 is 9.64 Å². The molecule has 1 atom stereocenters. The van der Waals surface area contributed by atoms with Gasteiger partial charge in [0, 0.05) is 24.1 Å². The van der Waals surface area contributed by atoms with Crippen LogP contribution >= 0.6 is 15.9 Å². The number of nitrogens with zero attached hydrogens (tertiary/aromatic N) is 4. The van der Waals surface area contributed by atoms with E-state index in [0.29, 0.717) is 12.5 Å². The molecule has 1 amide bonds. The van der Waals surface area contributed by atoms with Gasteiger partial charge in [-0.2, -0.15) is 0 Å². The van der Waals surface area contributed by atoms with Gasteiger partial charge in [0.25, 0.3) is 0 Å². The van der Waals surface area contributed by atoms with E-state index in [9.17, 15) is 4.79 Å². The number of carbonyl (C=O) groups excluding carboxylic acids is 1. The van der Waals surface area contributed by atoms with Crippen molar-refractivity contribution in [1.82, 2.24) is 19.9 Å². The lowest BCUT2D eigenvalue weighted by molar-refractivity contribution is 0.0287. The van der Waals surface area contributed by atoms with Crippen LogP contribution in [0.2, 0.25) is 0 Å². The molecule has 1 aliphatic heterocycles. The molecule has 0 radical (unpaired) electrons. The highest BCUT2D eigenvalue weighted by Crippen LogP contribution is 2.24. The molecule has 0 spiro atoms. The molecule has 1 fully saturated rings. The fourth-order valence-electron chi connectivity index (χ4n) is 2.81. The molecular weight excluding hydrogens is 360 g/mol. The molecule has 1 unspecified atom stereocenters. The molecule has 1 saturated heterocycles. The minimum Gasteiger partial charge on any atom is -0.444 e. The van der Waals surface area contributed by atoms with Crippen LogP contribution in [-0.4, -0.2) is 44.7 Å². The molecular formula is C16H21BrN4O2. The summed E-state index contributed by atoms with van der Waals surface area (Å²) in [6.45, 7) is 7.85. The molecule has 0 bridgehead atoms. The molecule has 1 aliphatic rings. The fourth-order valence-corrected chi connectivity index (χ4v) is 3.25. The fraction of sp³-hybridized carbons (Fsp3) is 0.562. The molecule has 0 saturated carbocycles. The first-order valence-electron chi connectivity index (χ1n) is 7.79. The van der Waals surface area contributed by atoms with Crippen LogP contribution in [0.1, 0.15) is 27.2 Å². The molecule has 3 rings (SSSR count). The van der Waals surface area contributed by atoms with Crippen LogP contribution in [0.25, 0.3) is 11.0 Å². The van der Waals surface area contributed by atoms with E-state index in [-0.39, 0.29) is 6.09 Å². The number of carbonyl (C=O) groups is 1. The summed E-state index contributed by atoms with van der Waals surface area (Å²) >= 11 is 3.49. The van der Waals surface area contributed by atoms with Crippen LogP contribution in [0.4, 0.5) is 4.79 Å². The summed E-state index contributed by atoms with van der Waals surface area (Å²) in [6, 6.07) is 5.95. The predicted octanol–water partition coefficient (Wildman–Crippen LogP) is 3.45. The van der Waals surface area contributed by atoms with Crippen molar-refractivity contribution in [3.8, 4) is 0 Å². The van der Waals surface area contributed by atoms with E-state index in [1.807, 2.05) is 43.7 Å². The SMILES string of the molecule is CC(C)(C)OC(=O)N1CCC(Cn2nnc3c(Br)cccc32)C1. The Morgan fingerprint density at radius 1 is 1.43 bits per heavy atom. The summed E-state index contributed by atoms with van der Waals surface area (Å²) in [6.07, 6.45) is 0.723. The minimum absolute atomic E-state index is 0.230. The maximum atomic E-state index is 12.1. The van der Waals surface area contributed by atoms with Gasteiger partial charge in [-0.05, 0) is 61.2 Å². The summed E-state index contributed by atoms with van der Waals surface area (Å²) in [4.78, 5) is 13.9. The van der Waals surface area contributed by atoms with E-state index < -0.39 is 5.60 Å². The number of ether oxygens (including phenoxy) is 1. The lowest BCUT2D eigenvalue weighted by atomic mass is 10.1. The minimum atomic E-state index is -0.455. The van der Waals surface area contributed by atoms with E-state index >= 15 is 0 Å². The zero-order valence-electron chi connectivity index (χ0n) is 13.6. The van der Waals surface area contributed by atoms with Gasteiger partial charge in [0.15, 0.2) is 0 Å². The average molecular weight is 381 g/mol. The Labute approximate surface area is 143 Å². The second-order valence-electron chi connectivity index (χ2n) is 6.96. The van der Waals surface area contributed by atoms with E-state index in [2.05, 4.69) is 26.2 Å². The molecule has 0 N–H and O–H groups in total. The molecule has 1 aromatic carbocycles. The number of amides is 1. The molecule has 2 heterocycles. The van der Waals surface area contributed by atoms with Gasteiger partial charge in [-0.3, -0.25) is 0 Å². The number of benzene rings is 1. The van der Waals surface area contributed by atoms with Crippen LogP contribution in [0.3, 0.4) is 0 Å². The first-order chi connectivity index (χ1) is 10.8. The maximum Gasteiger partial charge on any atom is 0.410 e. The molecule has 7 heteroatoms. The third-order valence-corrected chi connectivity index (χ3v) is 4.50. The molecule has 0 aliphatic carbocycles. The van der Waals surface area contributed by atoms with E-state index in [1.165, 1.54) is 0 Å². The summed E-state index contributed by atoms with van der Waals surface area (Å²) < 4.78 is 8.30. The van der Waals surface area contributed by atoms with Crippen molar-refractivity contribution in [3.63, 3.8) is 0 Å². The quantitative estimate of drug-likeness (QED) is 0.800. The van der Waals surface area contributed by atoms with Crippen LogP contribution in [-0.2, 0) is 11.3 Å². The van der Waals surface area contributed by atoms with Gasteiger partial charge in [-0.25, -0.2) is 9.48 Å². The molecule has 2 aromatic rings. The zero-order chi connectivity index (χ0) is 16.6. The van der Waals surface area contributed by atoms with Crippen LogP contribution in [0, 0.1) is 5.92 Å². The second kappa shape index (κ2) is 6.11. The number of rotatable bonds is 2.